The minimum absolute atomic E-state index is 0.278. The highest BCUT2D eigenvalue weighted by molar-refractivity contribution is 7.90. The molecule has 0 fully saturated rings. The molecule has 4 rings (SSSR count). The molecule has 0 unspecified atom stereocenters. The van der Waals surface area contributed by atoms with E-state index < -0.39 is 9.84 Å². The van der Waals surface area contributed by atoms with Crippen LogP contribution in [0.25, 0.3) is 33.1 Å². The van der Waals surface area contributed by atoms with Gasteiger partial charge in [-0.25, -0.2) is 13.4 Å². The second-order valence-corrected chi connectivity index (χ2v) is 9.67. The zero-order valence-corrected chi connectivity index (χ0v) is 17.5. The summed E-state index contributed by atoms with van der Waals surface area (Å²) in [5, 5.41) is 0.467. The summed E-state index contributed by atoms with van der Waals surface area (Å²) in [7, 11) is -3.24. The van der Waals surface area contributed by atoms with Crippen molar-refractivity contribution in [2.75, 3.05) is 12.0 Å². The Hall–Kier alpha value is -3.10. The Bertz CT molecular complexity index is 1300. The van der Waals surface area contributed by atoms with Gasteiger partial charge in [0.05, 0.1) is 21.2 Å². The van der Waals surface area contributed by atoms with Crippen LogP contribution in [0.15, 0.2) is 65.7 Å². The summed E-state index contributed by atoms with van der Waals surface area (Å²) in [6, 6.07) is 16.3. The molecule has 0 radical (unpaired) electrons. The van der Waals surface area contributed by atoms with Crippen LogP contribution in [-0.2, 0) is 9.84 Å². The van der Waals surface area contributed by atoms with E-state index in [0.717, 1.165) is 38.8 Å². The normalized spacial score (nSPS) is 11.5. The van der Waals surface area contributed by atoms with Crippen molar-refractivity contribution >= 4 is 26.3 Å². The molecule has 1 aromatic carbocycles. The fourth-order valence-electron chi connectivity index (χ4n) is 2.98. The third-order valence-electron chi connectivity index (χ3n) is 4.38. The second kappa shape index (κ2) is 7.38. The van der Waals surface area contributed by atoms with Crippen molar-refractivity contribution in [3.8, 4) is 33.1 Å². The minimum Gasteiger partial charge on any atom is -0.375 e. The van der Waals surface area contributed by atoms with Crippen molar-refractivity contribution in [1.82, 2.24) is 15.0 Å². The number of nitrogen functional groups attached to an aromatic ring is 1. The van der Waals surface area contributed by atoms with Gasteiger partial charge in [0, 0.05) is 23.7 Å². The Morgan fingerprint density at radius 1 is 0.931 bits per heavy atom. The molecule has 0 saturated heterocycles. The number of thiazole rings is 1. The molecule has 146 valence electrons. The predicted molar refractivity (Wildman–Crippen MR) is 116 cm³/mol. The van der Waals surface area contributed by atoms with Crippen LogP contribution in [-0.4, -0.2) is 29.6 Å². The molecule has 0 aliphatic rings. The lowest BCUT2D eigenvalue weighted by molar-refractivity contribution is 0.602. The van der Waals surface area contributed by atoms with Gasteiger partial charge < -0.3 is 5.73 Å². The molecule has 2 N–H and O–H groups in total. The van der Waals surface area contributed by atoms with E-state index in [0.29, 0.717) is 5.13 Å². The van der Waals surface area contributed by atoms with Gasteiger partial charge in [-0.05, 0) is 48.9 Å². The summed E-state index contributed by atoms with van der Waals surface area (Å²) in [5.41, 5.74) is 10.9. The third kappa shape index (κ3) is 4.03. The van der Waals surface area contributed by atoms with Crippen molar-refractivity contribution in [2.45, 2.75) is 11.8 Å². The van der Waals surface area contributed by atoms with Crippen LogP contribution >= 0.6 is 11.3 Å². The number of sulfone groups is 1. The fourth-order valence-corrected chi connectivity index (χ4v) is 4.45. The van der Waals surface area contributed by atoms with E-state index in [-0.39, 0.29) is 4.90 Å². The maximum Gasteiger partial charge on any atom is 0.181 e. The Morgan fingerprint density at radius 2 is 1.69 bits per heavy atom. The monoisotopic (exact) mass is 422 g/mol. The van der Waals surface area contributed by atoms with Crippen LogP contribution in [0.5, 0.6) is 0 Å². The maximum absolute atomic E-state index is 11.7. The molecule has 8 heteroatoms. The standard InChI is InChI=1S/C21H18N4O2S2/c1-13-4-3-5-17(24-13)19-20(28-21(22)25-19)15-10-11-23-18(12-15)14-6-8-16(9-7-14)29(2,26)27/h3-12H,1-2H3,(H2,22,25). The Balaban J connectivity index is 1.77. The topological polar surface area (TPSA) is 98.8 Å². The van der Waals surface area contributed by atoms with Gasteiger partial charge in [0.1, 0.15) is 5.69 Å². The summed E-state index contributed by atoms with van der Waals surface area (Å²) >= 11 is 1.40. The zero-order valence-electron chi connectivity index (χ0n) is 15.8. The first kappa shape index (κ1) is 19.2. The van der Waals surface area contributed by atoms with Gasteiger partial charge in [-0.15, -0.1) is 0 Å². The molecule has 0 amide bonds. The van der Waals surface area contributed by atoms with E-state index in [4.69, 9.17) is 5.73 Å². The molecule has 3 heterocycles. The molecular formula is C21H18N4O2S2. The molecule has 0 atom stereocenters. The van der Waals surface area contributed by atoms with E-state index in [2.05, 4.69) is 15.0 Å². The Morgan fingerprint density at radius 3 is 2.38 bits per heavy atom. The van der Waals surface area contributed by atoms with E-state index in [9.17, 15) is 8.42 Å². The molecule has 3 aromatic heterocycles. The summed E-state index contributed by atoms with van der Waals surface area (Å²) in [4.78, 5) is 14.7. The Labute approximate surface area is 173 Å². The quantitative estimate of drug-likeness (QED) is 0.528. The number of rotatable bonds is 4. The van der Waals surface area contributed by atoms with Crippen molar-refractivity contribution < 1.29 is 8.42 Å². The summed E-state index contributed by atoms with van der Waals surface area (Å²) in [6.07, 6.45) is 2.91. The summed E-state index contributed by atoms with van der Waals surface area (Å²) in [6.45, 7) is 1.93. The molecule has 0 bridgehead atoms. The van der Waals surface area contributed by atoms with Gasteiger partial charge in [0.15, 0.2) is 15.0 Å². The Kier molecular flexibility index (Phi) is 4.89. The lowest BCUT2D eigenvalue weighted by Gasteiger charge is -2.06. The summed E-state index contributed by atoms with van der Waals surface area (Å²) < 4.78 is 23.4. The fraction of sp³-hybridized carbons (Fsp3) is 0.0952. The largest absolute Gasteiger partial charge is 0.375 e. The molecule has 6 nitrogen and oxygen atoms in total. The van der Waals surface area contributed by atoms with Crippen LogP contribution < -0.4 is 5.73 Å². The van der Waals surface area contributed by atoms with Gasteiger partial charge in [0.2, 0.25) is 0 Å². The van der Waals surface area contributed by atoms with Gasteiger partial charge in [-0.1, -0.05) is 29.5 Å². The smallest absolute Gasteiger partial charge is 0.181 e. The predicted octanol–water partition coefficient (Wildman–Crippen LogP) is 4.23. The number of anilines is 1. The first-order valence-electron chi connectivity index (χ1n) is 8.78. The molecule has 29 heavy (non-hydrogen) atoms. The second-order valence-electron chi connectivity index (χ2n) is 6.62. The number of benzene rings is 1. The first-order chi connectivity index (χ1) is 13.8. The van der Waals surface area contributed by atoms with Gasteiger partial charge in [0.25, 0.3) is 0 Å². The number of pyridine rings is 2. The molecule has 0 saturated carbocycles. The SMILES string of the molecule is Cc1cccc(-c2nc(N)sc2-c2ccnc(-c3ccc(S(C)(=O)=O)cc3)c2)n1. The number of hydrogen-bond acceptors (Lipinski definition) is 7. The third-order valence-corrected chi connectivity index (χ3v) is 6.44. The molecular weight excluding hydrogens is 404 g/mol. The van der Waals surface area contributed by atoms with E-state index >= 15 is 0 Å². The number of aryl methyl sites for hydroxylation is 1. The van der Waals surface area contributed by atoms with Crippen molar-refractivity contribution in [3.63, 3.8) is 0 Å². The highest BCUT2D eigenvalue weighted by Gasteiger charge is 2.16. The van der Waals surface area contributed by atoms with Crippen molar-refractivity contribution in [2.24, 2.45) is 0 Å². The van der Waals surface area contributed by atoms with Crippen molar-refractivity contribution in [1.29, 1.82) is 0 Å². The maximum atomic E-state index is 11.7. The molecule has 0 aliphatic heterocycles. The highest BCUT2D eigenvalue weighted by Crippen LogP contribution is 2.38. The van der Waals surface area contributed by atoms with Gasteiger partial charge in [-0.3, -0.25) is 9.97 Å². The lowest BCUT2D eigenvalue weighted by Crippen LogP contribution is -1.96. The van der Waals surface area contributed by atoms with Crippen LogP contribution in [0.4, 0.5) is 5.13 Å². The number of nitrogens with zero attached hydrogens (tertiary/aromatic N) is 3. The van der Waals surface area contributed by atoms with Crippen LogP contribution in [0, 0.1) is 6.92 Å². The lowest BCUT2D eigenvalue weighted by atomic mass is 10.1. The minimum atomic E-state index is -3.24. The zero-order chi connectivity index (χ0) is 20.6. The van der Waals surface area contributed by atoms with Crippen LogP contribution in [0.2, 0.25) is 0 Å². The average Bonchev–Trinajstić information content (AvgIpc) is 3.09. The number of aromatic nitrogens is 3. The molecule has 0 aliphatic carbocycles. The van der Waals surface area contributed by atoms with E-state index in [1.165, 1.54) is 17.6 Å². The molecule has 4 aromatic rings. The highest BCUT2D eigenvalue weighted by atomic mass is 32.2. The van der Waals surface area contributed by atoms with E-state index in [1.807, 2.05) is 37.3 Å². The van der Waals surface area contributed by atoms with Gasteiger partial charge in [-0.2, -0.15) is 0 Å². The summed E-state index contributed by atoms with van der Waals surface area (Å²) in [5.74, 6) is 0. The first-order valence-corrected chi connectivity index (χ1v) is 11.5. The van der Waals surface area contributed by atoms with Gasteiger partial charge >= 0.3 is 0 Å². The molecule has 0 spiro atoms. The van der Waals surface area contributed by atoms with Crippen molar-refractivity contribution in [3.05, 3.63) is 66.5 Å². The number of hydrogen-bond donors (Lipinski definition) is 1. The van der Waals surface area contributed by atoms with Crippen LogP contribution in [0.1, 0.15) is 5.69 Å². The average molecular weight is 423 g/mol. The van der Waals surface area contributed by atoms with E-state index in [1.54, 1.807) is 30.5 Å². The van der Waals surface area contributed by atoms with Crippen LogP contribution in [0.3, 0.4) is 0 Å². The number of nitrogens with two attached hydrogens (primary N) is 1.